The minimum absolute atomic E-state index is 0.281. The van der Waals surface area contributed by atoms with Crippen molar-refractivity contribution in [3.05, 3.63) is 29.3 Å². The van der Waals surface area contributed by atoms with Crippen LogP contribution >= 0.6 is 11.6 Å². The number of rotatable bonds is 2. The van der Waals surface area contributed by atoms with Crippen LogP contribution < -0.4 is 10.9 Å². The summed E-state index contributed by atoms with van der Waals surface area (Å²) in [6.45, 7) is 4.06. The van der Waals surface area contributed by atoms with Crippen LogP contribution in [0.2, 0.25) is 5.02 Å². The van der Waals surface area contributed by atoms with Crippen molar-refractivity contribution < 1.29 is 0 Å². The van der Waals surface area contributed by atoms with Crippen molar-refractivity contribution in [2.75, 3.05) is 5.01 Å². The number of hydrogen-bond donors (Lipinski definition) is 1. The summed E-state index contributed by atoms with van der Waals surface area (Å²) in [7, 11) is 0. The van der Waals surface area contributed by atoms with E-state index in [4.69, 9.17) is 17.4 Å². The predicted octanol–water partition coefficient (Wildman–Crippen LogP) is 2.43. The Morgan fingerprint density at radius 3 is 2.58 bits per heavy atom. The molecule has 2 nitrogen and oxygen atoms in total. The minimum atomic E-state index is 0.281. The Kier molecular flexibility index (Phi) is 2.95. The highest BCUT2D eigenvalue weighted by Crippen LogP contribution is 2.18. The van der Waals surface area contributed by atoms with E-state index < -0.39 is 0 Å². The van der Waals surface area contributed by atoms with Crippen molar-refractivity contribution in [3.8, 4) is 0 Å². The molecular weight excluding hydrogens is 172 g/mol. The van der Waals surface area contributed by atoms with Crippen LogP contribution in [0.3, 0.4) is 0 Å². The molecule has 1 rings (SSSR count). The Balaban J connectivity index is 2.88. The van der Waals surface area contributed by atoms with Crippen molar-refractivity contribution in [1.29, 1.82) is 0 Å². The zero-order chi connectivity index (χ0) is 9.14. The third-order valence-electron chi connectivity index (χ3n) is 1.66. The standard InChI is InChI=1S/C9H13ClN2/c1-7(2)12(11)9-5-3-4-8(10)6-9/h3-7H,11H2,1-2H3. The molecule has 1 aromatic carbocycles. The van der Waals surface area contributed by atoms with E-state index >= 15 is 0 Å². The Bertz CT molecular complexity index is 260. The van der Waals surface area contributed by atoms with Gasteiger partial charge in [-0.1, -0.05) is 17.7 Å². The Labute approximate surface area is 77.9 Å². The van der Waals surface area contributed by atoms with Gasteiger partial charge in [-0.25, -0.2) is 5.84 Å². The fourth-order valence-electron chi connectivity index (χ4n) is 0.935. The van der Waals surface area contributed by atoms with Gasteiger partial charge in [0.2, 0.25) is 0 Å². The topological polar surface area (TPSA) is 29.3 Å². The molecule has 0 aliphatic rings. The van der Waals surface area contributed by atoms with Gasteiger partial charge in [0.25, 0.3) is 0 Å². The average molecular weight is 185 g/mol. The first-order valence-electron chi connectivity index (χ1n) is 3.91. The van der Waals surface area contributed by atoms with Crippen LogP contribution in [-0.2, 0) is 0 Å². The van der Waals surface area contributed by atoms with Gasteiger partial charge >= 0.3 is 0 Å². The molecule has 12 heavy (non-hydrogen) atoms. The van der Waals surface area contributed by atoms with Gasteiger partial charge in [-0.05, 0) is 32.0 Å². The summed E-state index contributed by atoms with van der Waals surface area (Å²) < 4.78 is 0. The van der Waals surface area contributed by atoms with Gasteiger partial charge in [0.05, 0.1) is 5.69 Å². The zero-order valence-electron chi connectivity index (χ0n) is 7.29. The van der Waals surface area contributed by atoms with Gasteiger partial charge in [0, 0.05) is 11.1 Å². The molecule has 0 unspecified atom stereocenters. The first-order valence-corrected chi connectivity index (χ1v) is 4.28. The van der Waals surface area contributed by atoms with Gasteiger partial charge in [0.15, 0.2) is 0 Å². The second kappa shape index (κ2) is 3.78. The van der Waals surface area contributed by atoms with Crippen molar-refractivity contribution >= 4 is 17.3 Å². The molecule has 0 atom stereocenters. The highest BCUT2D eigenvalue weighted by atomic mass is 35.5. The van der Waals surface area contributed by atoms with Crippen molar-refractivity contribution in [2.45, 2.75) is 19.9 Å². The van der Waals surface area contributed by atoms with Crippen LogP contribution in [0, 0.1) is 0 Å². The van der Waals surface area contributed by atoms with Crippen LogP contribution in [0.25, 0.3) is 0 Å². The fraction of sp³-hybridized carbons (Fsp3) is 0.333. The van der Waals surface area contributed by atoms with E-state index in [1.165, 1.54) is 0 Å². The van der Waals surface area contributed by atoms with E-state index in [1.54, 1.807) is 5.01 Å². The van der Waals surface area contributed by atoms with E-state index in [0.29, 0.717) is 5.02 Å². The molecule has 0 saturated carbocycles. The molecule has 0 fully saturated rings. The molecule has 1 aromatic rings. The van der Waals surface area contributed by atoms with Gasteiger partial charge in [-0.3, -0.25) is 0 Å². The van der Waals surface area contributed by atoms with Crippen LogP contribution in [0.5, 0.6) is 0 Å². The van der Waals surface area contributed by atoms with Crippen LogP contribution in [-0.4, -0.2) is 6.04 Å². The summed E-state index contributed by atoms with van der Waals surface area (Å²) >= 11 is 5.81. The van der Waals surface area contributed by atoms with E-state index in [2.05, 4.69) is 0 Å². The lowest BCUT2D eigenvalue weighted by molar-refractivity contribution is 0.711. The van der Waals surface area contributed by atoms with Crippen LogP contribution in [0.1, 0.15) is 13.8 Å². The van der Waals surface area contributed by atoms with Crippen molar-refractivity contribution in [2.24, 2.45) is 5.84 Å². The molecule has 0 aliphatic heterocycles. The molecule has 0 radical (unpaired) electrons. The van der Waals surface area contributed by atoms with Crippen molar-refractivity contribution in [3.63, 3.8) is 0 Å². The summed E-state index contributed by atoms with van der Waals surface area (Å²) in [6, 6.07) is 7.79. The number of hydrogen-bond acceptors (Lipinski definition) is 2. The third kappa shape index (κ3) is 2.13. The molecule has 0 bridgehead atoms. The molecule has 0 heterocycles. The maximum atomic E-state index is 5.81. The molecule has 0 saturated heterocycles. The Hall–Kier alpha value is -0.730. The third-order valence-corrected chi connectivity index (χ3v) is 1.90. The first kappa shape index (κ1) is 9.36. The summed E-state index contributed by atoms with van der Waals surface area (Å²) in [5.41, 5.74) is 0.942. The molecule has 0 aliphatic carbocycles. The normalized spacial score (nSPS) is 10.4. The SMILES string of the molecule is CC(C)N(N)c1cccc(Cl)c1. The number of benzene rings is 1. The smallest absolute Gasteiger partial charge is 0.0535 e. The minimum Gasteiger partial charge on any atom is -0.309 e. The van der Waals surface area contributed by atoms with Crippen molar-refractivity contribution in [1.82, 2.24) is 0 Å². The largest absolute Gasteiger partial charge is 0.309 e. The maximum Gasteiger partial charge on any atom is 0.0535 e. The summed E-state index contributed by atoms with van der Waals surface area (Å²) in [5.74, 6) is 5.78. The lowest BCUT2D eigenvalue weighted by Crippen LogP contribution is -2.37. The molecule has 3 heteroatoms. The Morgan fingerprint density at radius 2 is 2.08 bits per heavy atom. The Morgan fingerprint density at radius 1 is 1.42 bits per heavy atom. The highest BCUT2D eigenvalue weighted by molar-refractivity contribution is 6.30. The number of nitrogens with zero attached hydrogens (tertiary/aromatic N) is 1. The maximum absolute atomic E-state index is 5.81. The van der Waals surface area contributed by atoms with Gasteiger partial charge in [-0.15, -0.1) is 0 Å². The molecule has 0 spiro atoms. The number of halogens is 1. The number of hydrazine groups is 1. The van der Waals surface area contributed by atoms with E-state index in [-0.39, 0.29) is 6.04 Å². The van der Waals surface area contributed by atoms with Crippen LogP contribution in [0.4, 0.5) is 5.69 Å². The lowest BCUT2D eigenvalue weighted by atomic mass is 10.3. The lowest BCUT2D eigenvalue weighted by Gasteiger charge is -2.22. The highest BCUT2D eigenvalue weighted by Gasteiger charge is 2.04. The number of anilines is 1. The van der Waals surface area contributed by atoms with Gasteiger partial charge in [-0.2, -0.15) is 0 Å². The first-order chi connectivity index (χ1) is 5.61. The van der Waals surface area contributed by atoms with E-state index in [0.717, 1.165) is 5.69 Å². The molecule has 0 aromatic heterocycles. The molecule has 0 amide bonds. The fourth-order valence-corrected chi connectivity index (χ4v) is 1.12. The van der Waals surface area contributed by atoms with Gasteiger partial charge in [0.1, 0.15) is 0 Å². The molecule has 2 N–H and O–H groups in total. The van der Waals surface area contributed by atoms with Crippen LogP contribution in [0.15, 0.2) is 24.3 Å². The average Bonchev–Trinajstić information content (AvgIpc) is 2.03. The predicted molar refractivity (Wildman–Crippen MR) is 53.3 cm³/mol. The molecule has 66 valence electrons. The summed E-state index contributed by atoms with van der Waals surface area (Å²) in [4.78, 5) is 0. The zero-order valence-corrected chi connectivity index (χ0v) is 8.05. The second-order valence-corrected chi connectivity index (χ2v) is 3.42. The second-order valence-electron chi connectivity index (χ2n) is 2.98. The van der Waals surface area contributed by atoms with E-state index in [9.17, 15) is 0 Å². The monoisotopic (exact) mass is 184 g/mol. The van der Waals surface area contributed by atoms with Gasteiger partial charge < -0.3 is 5.01 Å². The summed E-state index contributed by atoms with van der Waals surface area (Å²) in [5, 5.41) is 2.40. The molecular formula is C9H13ClN2. The quantitative estimate of drug-likeness (QED) is 0.565. The summed E-state index contributed by atoms with van der Waals surface area (Å²) in [6.07, 6.45) is 0. The number of nitrogens with two attached hydrogens (primary N) is 1. The van der Waals surface area contributed by atoms with E-state index in [1.807, 2.05) is 38.1 Å².